The van der Waals surface area contributed by atoms with Crippen molar-refractivity contribution in [1.82, 2.24) is 0 Å². The number of ether oxygens (including phenoxy) is 3. The van der Waals surface area contributed by atoms with E-state index in [9.17, 15) is 9.90 Å². The van der Waals surface area contributed by atoms with Gasteiger partial charge in [-0.1, -0.05) is 11.6 Å². The molecule has 6 heteroatoms. The van der Waals surface area contributed by atoms with Crippen molar-refractivity contribution in [1.29, 1.82) is 0 Å². The Morgan fingerprint density at radius 3 is 2.53 bits per heavy atom. The Labute approximate surface area is 117 Å². The summed E-state index contributed by atoms with van der Waals surface area (Å²) in [5.74, 6) is -0.00100. The van der Waals surface area contributed by atoms with Crippen molar-refractivity contribution in [2.75, 3.05) is 20.3 Å². The molecule has 0 aromatic heterocycles. The van der Waals surface area contributed by atoms with Crippen LogP contribution >= 0.6 is 11.6 Å². The summed E-state index contributed by atoms with van der Waals surface area (Å²) in [7, 11) is 1.47. The first-order valence-corrected chi connectivity index (χ1v) is 6.27. The lowest BCUT2D eigenvalue weighted by molar-refractivity contribution is -0.153. The van der Waals surface area contributed by atoms with Gasteiger partial charge in [0.1, 0.15) is 11.5 Å². The monoisotopic (exact) mass is 288 g/mol. The maximum atomic E-state index is 11.6. The molecular weight excluding hydrogens is 272 g/mol. The highest BCUT2D eigenvalue weighted by Crippen LogP contribution is 2.36. The molecule has 1 rings (SSSR count). The molecule has 0 radical (unpaired) electrons. The van der Waals surface area contributed by atoms with Gasteiger partial charge in [-0.3, -0.25) is 0 Å². The summed E-state index contributed by atoms with van der Waals surface area (Å²) in [5, 5.41) is 10.2. The molecule has 0 amide bonds. The van der Waals surface area contributed by atoms with Crippen LogP contribution in [-0.4, -0.2) is 31.4 Å². The van der Waals surface area contributed by atoms with Crippen molar-refractivity contribution >= 4 is 17.6 Å². The second-order valence-electron chi connectivity index (χ2n) is 3.61. The van der Waals surface area contributed by atoms with Gasteiger partial charge in [0.2, 0.25) is 0 Å². The van der Waals surface area contributed by atoms with Gasteiger partial charge in [-0.05, 0) is 19.9 Å². The van der Waals surface area contributed by atoms with Crippen LogP contribution in [0.1, 0.15) is 25.5 Å². The number of carbonyl (C=O) groups excluding carboxylic acids is 1. The normalized spacial score (nSPS) is 11.8. The van der Waals surface area contributed by atoms with Crippen molar-refractivity contribution in [3.8, 4) is 11.5 Å². The molecule has 0 spiro atoms. The fourth-order valence-corrected chi connectivity index (χ4v) is 1.80. The third-order valence-corrected chi connectivity index (χ3v) is 2.68. The Kier molecular flexibility index (Phi) is 5.92. The molecule has 1 unspecified atom stereocenters. The zero-order valence-corrected chi connectivity index (χ0v) is 11.9. The SMILES string of the molecule is CCOC(=O)C(O)c1cc(Cl)c(OC)cc1OCC. The first-order valence-electron chi connectivity index (χ1n) is 5.90. The van der Waals surface area contributed by atoms with E-state index in [0.29, 0.717) is 18.1 Å². The molecule has 0 saturated heterocycles. The van der Waals surface area contributed by atoms with E-state index < -0.39 is 12.1 Å². The fraction of sp³-hybridized carbons (Fsp3) is 0.462. The predicted molar refractivity (Wildman–Crippen MR) is 70.8 cm³/mol. The van der Waals surface area contributed by atoms with Crippen molar-refractivity contribution in [2.45, 2.75) is 20.0 Å². The molecular formula is C13H17ClO5. The Morgan fingerprint density at radius 2 is 2.00 bits per heavy atom. The number of rotatable bonds is 6. The van der Waals surface area contributed by atoms with E-state index >= 15 is 0 Å². The topological polar surface area (TPSA) is 65.0 Å². The van der Waals surface area contributed by atoms with Crippen LogP contribution in [0.25, 0.3) is 0 Å². The summed E-state index contributed by atoms with van der Waals surface area (Å²) in [5.41, 5.74) is 0.256. The molecule has 0 saturated carbocycles. The van der Waals surface area contributed by atoms with Gasteiger partial charge < -0.3 is 19.3 Å². The smallest absolute Gasteiger partial charge is 0.339 e. The van der Waals surface area contributed by atoms with E-state index in [1.165, 1.54) is 19.2 Å². The number of hydrogen-bond acceptors (Lipinski definition) is 5. The van der Waals surface area contributed by atoms with Crippen molar-refractivity contribution in [2.24, 2.45) is 0 Å². The zero-order chi connectivity index (χ0) is 14.4. The van der Waals surface area contributed by atoms with Crippen LogP contribution in [-0.2, 0) is 9.53 Å². The molecule has 0 aliphatic carbocycles. The van der Waals surface area contributed by atoms with Crippen molar-refractivity contribution in [3.05, 3.63) is 22.7 Å². The number of hydrogen-bond donors (Lipinski definition) is 1. The largest absolute Gasteiger partial charge is 0.495 e. The van der Waals surface area contributed by atoms with E-state index in [2.05, 4.69) is 0 Å². The minimum Gasteiger partial charge on any atom is -0.495 e. The minimum atomic E-state index is -1.44. The minimum absolute atomic E-state index is 0.184. The summed E-state index contributed by atoms with van der Waals surface area (Å²) < 4.78 is 15.2. The second kappa shape index (κ2) is 7.21. The Hall–Kier alpha value is -1.46. The highest BCUT2D eigenvalue weighted by molar-refractivity contribution is 6.32. The molecule has 5 nitrogen and oxygen atoms in total. The Bertz CT molecular complexity index is 447. The molecule has 1 aromatic rings. The maximum absolute atomic E-state index is 11.6. The lowest BCUT2D eigenvalue weighted by atomic mass is 10.1. The number of aliphatic hydroxyl groups excluding tert-OH is 1. The Balaban J connectivity index is 3.16. The number of esters is 1. The average Bonchev–Trinajstić information content (AvgIpc) is 2.40. The van der Waals surface area contributed by atoms with Crippen LogP contribution in [0.15, 0.2) is 12.1 Å². The summed E-state index contributed by atoms with van der Waals surface area (Å²) in [4.78, 5) is 11.6. The number of halogens is 1. The van der Waals surface area contributed by atoms with E-state index in [0.717, 1.165) is 0 Å². The van der Waals surface area contributed by atoms with Crippen LogP contribution < -0.4 is 9.47 Å². The highest BCUT2D eigenvalue weighted by Gasteiger charge is 2.24. The van der Waals surface area contributed by atoms with Gasteiger partial charge in [-0.15, -0.1) is 0 Å². The van der Waals surface area contributed by atoms with Crippen LogP contribution in [0.3, 0.4) is 0 Å². The zero-order valence-electron chi connectivity index (χ0n) is 11.1. The number of methoxy groups -OCH3 is 1. The van der Waals surface area contributed by atoms with Crippen molar-refractivity contribution < 1.29 is 24.1 Å². The van der Waals surface area contributed by atoms with Crippen LogP contribution in [0.4, 0.5) is 0 Å². The van der Waals surface area contributed by atoms with E-state index in [1.807, 2.05) is 0 Å². The fourth-order valence-electron chi connectivity index (χ4n) is 1.55. The molecule has 1 atom stereocenters. The molecule has 0 heterocycles. The van der Waals surface area contributed by atoms with Gasteiger partial charge >= 0.3 is 5.97 Å². The maximum Gasteiger partial charge on any atom is 0.339 e. The quantitative estimate of drug-likeness (QED) is 0.814. The summed E-state index contributed by atoms with van der Waals surface area (Å²) in [6, 6.07) is 2.97. The molecule has 0 fully saturated rings. The molecule has 19 heavy (non-hydrogen) atoms. The lowest BCUT2D eigenvalue weighted by Gasteiger charge is -2.16. The molecule has 0 aliphatic rings. The Morgan fingerprint density at radius 1 is 1.32 bits per heavy atom. The van der Waals surface area contributed by atoms with Crippen LogP contribution in [0.2, 0.25) is 5.02 Å². The molecule has 0 aliphatic heterocycles. The number of benzene rings is 1. The average molecular weight is 289 g/mol. The summed E-state index contributed by atoms with van der Waals surface area (Å²) in [6.07, 6.45) is -1.44. The summed E-state index contributed by atoms with van der Waals surface area (Å²) in [6.45, 7) is 4.02. The van der Waals surface area contributed by atoms with Gasteiger partial charge in [0, 0.05) is 11.6 Å². The van der Waals surface area contributed by atoms with E-state index in [-0.39, 0.29) is 17.2 Å². The lowest BCUT2D eigenvalue weighted by Crippen LogP contribution is -2.16. The summed E-state index contributed by atoms with van der Waals surface area (Å²) >= 11 is 5.98. The standard InChI is InChI=1S/C13H17ClO5/c1-4-18-10-7-11(17-3)9(14)6-8(10)12(15)13(16)19-5-2/h6-7,12,15H,4-5H2,1-3H3. The molecule has 1 aromatic carbocycles. The van der Waals surface area contributed by atoms with E-state index in [1.54, 1.807) is 13.8 Å². The molecule has 0 bridgehead atoms. The molecule has 106 valence electrons. The van der Waals surface area contributed by atoms with Crippen molar-refractivity contribution in [3.63, 3.8) is 0 Å². The first kappa shape index (κ1) is 15.6. The number of aliphatic hydroxyl groups is 1. The van der Waals surface area contributed by atoms with Gasteiger partial charge in [0.25, 0.3) is 0 Å². The molecule has 1 N–H and O–H groups in total. The van der Waals surface area contributed by atoms with Gasteiger partial charge in [0.05, 0.1) is 25.3 Å². The highest BCUT2D eigenvalue weighted by atomic mass is 35.5. The van der Waals surface area contributed by atoms with Gasteiger partial charge in [-0.2, -0.15) is 0 Å². The van der Waals surface area contributed by atoms with Crippen LogP contribution in [0, 0.1) is 0 Å². The first-order chi connectivity index (χ1) is 9.04. The third kappa shape index (κ3) is 3.75. The van der Waals surface area contributed by atoms with E-state index in [4.69, 9.17) is 25.8 Å². The predicted octanol–water partition coefficient (Wildman–Crippen LogP) is 2.34. The van der Waals surface area contributed by atoms with Gasteiger partial charge in [0.15, 0.2) is 6.10 Å². The van der Waals surface area contributed by atoms with Gasteiger partial charge in [-0.25, -0.2) is 4.79 Å². The third-order valence-electron chi connectivity index (χ3n) is 2.39. The second-order valence-corrected chi connectivity index (χ2v) is 4.02. The number of carbonyl (C=O) groups is 1. The van der Waals surface area contributed by atoms with Crippen LogP contribution in [0.5, 0.6) is 11.5 Å².